The lowest BCUT2D eigenvalue weighted by Gasteiger charge is -2.17. The lowest BCUT2D eigenvalue weighted by Crippen LogP contribution is -2.32. The van der Waals surface area contributed by atoms with Crippen LogP contribution in [0.2, 0.25) is 0 Å². The molecule has 1 saturated carbocycles. The molecule has 2 aromatic rings. The van der Waals surface area contributed by atoms with Gasteiger partial charge in [0.1, 0.15) is 0 Å². The highest BCUT2D eigenvalue weighted by molar-refractivity contribution is 7.93. The minimum atomic E-state index is -3.77. The van der Waals surface area contributed by atoms with Gasteiger partial charge >= 0.3 is 0 Å². The SMILES string of the molecule is O=C1[C@@H]2[C@@H](C(=O)N1c1ccc(S(=O)(=O)Nc3nccs3)cc1)[C@H]1C=C[C@@H]2C1. The van der Waals surface area contributed by atoms with E-state index in [4.69, 9.17) is 0 Å². The number of hydrogen-bond acceptors (Lipinski definition) is 6. The van der Waals surface area contributed by atoms with Gasteiger partial charge in [0, 0.05) is 11.6 Å². The average Bonchev–Trinajstić information content (AvgIpc) is 3.41. The van der Waals surface area contributed by atoms with Gasteiger partial charge in [0.15, 0.2) is 5.13 Å². The highest BCUT2D eigenvalue weighted by atomic mass is 32.2. The summed E-state index contributed by atoms with van der Waals surface area (Å²) < 4.78 is 27.2. The molecule has 2 amide bonds. The third kappa shape index (κ3) is 2.45. The molecule has 7 nitrogen and oxygen atoms in total. The largest absolute Gasteiger partial charge is 0.274 e. The second kappa shape index (κ2) is 5.74. The molecule has 1 aromatic heterocycles. The van der Waals surface area contributed by atoms with Crippen LogP contribution in [0.3, 0.4) is 0 Å². The van der Waals surface area contributed by atoms with Gasteiger partial charge in [-0.05, 0) is 42.5 Å². The van der Waals surface area contributed by atoms with Crippen LogP contribution in [0, 0.1) is 23.7 Å². The molecule has 0 radical (unpaired) electrons. The number of anilines is 2. The zero-order valence-corrected chi connectivity index (χ0v) is 15.6. The van der Waals surface area contributed by atoms with Crippen LogP contribution >= 0.6 is 11.3 Å². The van der Waals surface area contributed by atoms with E-state index in [2.05, 4.69) is 9.71 Å². The van der Waals surface area contributed by atoms with Crippen molar-refractivity contribution in [1.82, 2.24) is 4.98 Å². The Balaban J connectivity index is 1.41. The van der Waals surface area contributed by atoms with Crippen molar-refractivity contribution in [3.8, 4) is 0 Å². The topological polar surface area (TPSA) is 96.4 Å². The van der Waals surface area contributed by atoms with Crippen molar-refractivity contribution in [2.75, 3.05) is 9.62 Å². The molecule has 1 aliphatic heterocycles. The maximum atomic E-state index is 12.8. The van der Waals surface area contributed by atoms with Crippen molar-refractivity contribution in [3.05, 3.63) is 48.0 Å². The maximum Gasteiger partial charge on any atom is 0.263 e. The van der Waals surface area contributed by atoms with Crippen molar-refractivity contribution in [2.45, 2.75) is 11.3 Å². The van der Waals surface area contributed by atoms with E-state index in [1.54, 1.807) is 5.38 Å². The molecule has 1 saturated heterocycles. The Morgan fingerprint density at radius 3 is 2.22 bits per heavy atom. The van der Waals surface area contributed by atoms with Gasteiger partial charge in [-0.2, -0.15) is 0 Å². The van der Waals surface area contributed by atoms with Gasteiger partial charge in [0.2, 0.25) is 11.8 Å². The summed E-state index contributed by atoms with van der Waals surface area (Å²) in [6.07, 6.45) is 6.47. The number of fused-ring (bicyclic) bond motifs is 5. The maximum absolute atomic E-state index is 12.8. The lowest BCUT2D eigenvalue weighted by molar-refractivity contribution is -0.123. The summed E-state index contributed by atoms with van der Waals surface area (Å²) in [6, 6.07) is 5.80. The number of nitrogens with one attached hydrogen (secondary N) is 1. The molecule has 9 heteroatoms. The van der Waals surface area contributed by atoms with E-state index in [1.165, 1.54) is 46.7 Å². The van der Waals surface area contributed by atoms with Crippen LogP contribution in [0.4, 0.5) is 10.8 Å². The number of carbonyl (C=O) groups is 2. The van der Waals surface area contributed by atoms with Crippen LogP contribution in [-0.2, 0) is 19.6 Å². The number of benzene rings is 1. The van der Waals surface area contributed by atoms with Crippen molar-refractivity contribution in [1.29, 1.82) is 0 Å². The van der Waals surface area contributed by atoms with Crippen LogP contribution in [0.25, 0.3) is 0 Å². The molecule has 2 fully saturated rings. The molecule has 2 bridgehead atoms. The van der Waals surface area contributed by atoms with Gasteiger partial charge in [-0.1, -0.05) is 12.2 Å². The molecule has 0 spiro atoms. The zero-order valence-electron chi connectivity index (χ0n) is 14.0. The van der Waals surface area contributed by atoms with E-state index < -0.39 is 10.0 Å². The van der Waals surface area contributed by atoms with Crippen molar-refractivity contribution in [3.63, 3.8) is 0 Å². The molecule has 2 aliphatic carbocycles. The first-order valence-corrected chi connectivity index (χ1v) is 10.9. The molecule has 27 heavy (non-hydrogen) atoms. The Labute approximate surface area is 159 Å². The minimum absolute atomic E-state index is 0.0440. The Bertz CT molecular complexity index is 1030. The summed E-state index contributed by atoms with van der Waals surface area (Å²) in [5.41, 5.74) is 0.409. The van der Waals surface area contributed by atoms with Gasteiger partial charge in [0.25, 0.3) is 10.0 Å². The van der Waals surface area contributed by atoms with E-state index in [1.807, 2.05) is 12.2 Å². The molecule has 5 rings (SSSR count). The lowest BCUT2D eigenvalue weighted by atomic mass is 9.85. The first-order valence-electron chi connectivity index (χ1n) is 8.54. The van der Waals surface area contributed by atoms with Gasteiger partial charge in [-0.25, -0.2) is 13.4 Å². The highest BCUT2D eigenvalue weighted by Gasteiger charge is 2.59. The van der Waals surface area contributed by atoms with Gasteiger partial charge in [-0.15, -0.1) is 11.3 Å². The van der Waals surface area contributed by atoms with Gasteiger partial charge < -0.3 is 0 Å². The van der Waals surface area contributed by atoms with Crippen molar-refractivity contribution in [2.24, 2.45) is 23.7 Å². The molecular formula is C18H15N3O4S2. The van der Waals surface area contributed by atoms with Crippen LogP contribution in [0.5, 0.6) is 0 Å². The Kier molecular flexibility index (Phi) is 3.54. The Hall–Kier alpha value is -2.52. The number of rotatable bonds is 4. The molecule has 1 aromatic carbocycles. The first kappa shape index (κ1) is 16.6. The normalized spacial score (nSPS) is 28.8. The van der Waals surface area contributed by atoms with E-state index in [-0.39, 0.29) is 45.5 Å². The Morgan fingerprint density at radius 2 is 1.67 bits per heavy atom. The zero-order chi connectivity index (χ0) is 18.8. The van der Waals surface area contributed by atoms with Crippen molar-refractivity contribution < 1.29 is 18.0 Å². The van der Waals surface area contributed by atoms with E-state index in [0.717, 1.165) is 6.42 Å². The Morgan fingerprint density at radius 1 is 1.04 bits per heavy atom. The first-order chi connectivity index (χ1) is 13.0. The molecule has 138 valence electrons. The van der Waals surface area contributed by atoms with E-state index in [0.29, 0.717) is 5.69 Å². The smallest absolute Gasteiger partial charge is 0.263 e. The standard InChI is InChI=1S/C18H15N3O4S2/c22-16-14-10-1-2-11(9-10)15(14)17(23)21(16)12-3-5-13(6-4-12)27(24,25)20-18-19-7-8-26-18/h1-8,10-11,14-15H,9H2,(H,19,20)/t10-,11+,14-,15-/m0/s1. The number of carbonyl (C=O) groups excluding carboxylic acids is 2. The van der Waals surface area contributed by atoms with Gasteiger partial charge in [0.05, 0.1) is 22.4 Å². The van der Waals surface area contributed by atoms with E-state index in [9.17, 15) is 18.0 Å². The number of nitrogens with zero attached hydrogens (tertiary/aromatic N) is 2. The fraction of sp³-hybridized carbons (Fsp3) is 0.278. The fourth-order valence-corrected chi connectivity index (χ4v) is 6.17. The van der Waals surface area contributed by atoms with Crippen LogP contribution in [0.1, 0.15) is 6.42 Å². The number of thiazole rings is 1. The number of sulfonamides is 1. The minimum Gasteiger partial charge on any atom is -0.274 e. The average molecular weight is 401 g/mol. The second-order valence-corrected chi connectivity index (χ2v) is 9.53. The molecule has 2 heterocycles. The van der Waals surface area contributed by atoms with Crippen LogP contribution in [-0.4, -0.2) is 25.2 Å². The third-order valence-corrected chi connectivity index (χ3v) is 7.70. The highest BCUT2D eigenvalue weighted by Crippen LogP contribution is 2.53. The van der Waals surface area contributed by atoms with Gasteiger partial charge in [-0.3, -0.25) is 19.2 Å². The van der Waals surface area contributed by atoms with E-state index >= 15 is 0 Å². The fourth-order valence-electron chi connectivity index (χ4n) is 4.38. The summed E-state index contributed by atoms with van der Waals surface area (Å²) in [5.74, 6) is -0.631. The molecule has 1 N–H and O–H groups in total. The molecular weight excluding hydrogens is 386 g/mol. The number of amides is 2. The molecule has 4 atom stereocenters. The number of hydrogen-bond donors (Lipinski definition) is 1. The predicted octanol–water partition coefficient (Wildman–Crippen LogP) is 2.26. The number of imide groups is 1. The summed E-state index contributed by atoms with van der Waals surface area (Å²) in [7, 11) is -3.77. The van der Waals surface area contributed by atoms with Crippen molar-refractivity contribution >= 4 is 44.0 Å². The number of aromatic nitrogens is 1. The summed E-state index contributed by atoms with van der Waals surface area (Å²) in [4.78, 5) is 30.8. The van der Waals surface area contributed by atoms with Crippen LogP contribution in [0.15, 0.2) is 52.9 Å². The summed E-state index contributed by atoms with van der Waals surface area (Å²) in [6.45, 7) is 0. The summed E-state index contributed by atoms with van der Waals surface area (Å²) >= 11 is 1.18. The van der Waals surface area contributed by atoms with Crippen LogP contribution < -0.4 is 9.62 Å². The second-order valence-electron chi connectivity index (χ2n) is 6.95. The summed E-state index contributed by atoms with van der Waals surface area (Å²) in [5, 5.41) is 1.95. The predicted molar refractivity (Wildman–Crippen MR) is 99.6 cm³/mol. The monoisotopic (exact) mass is 401 g/mol. The molecule has 3 aliphatic rings. The quantitative estimate of drug-likeness (QED) is 0.626. The number of allylic oxidation sites excluding steroid dienone is 2. The third-order valence-electron chi connectivity index (χ3n) is 5.53. The molecule has 0 unspecified atom stereocenters.